The van der Waals surface area contributed by atoms with E-state index in [0.717, 1.165) is 18.9 Å². The first-order valence-corrected chi connectivity index (χ1v) is 9.60. The largest absolute Gasteiger partial charge is 0.495 e. The second kappa shape index (κ2) is 6.95. The van der Waals surface area contributed by atoms with Gasteiger partial charge in [-0.25, -0.2) is 12.8 Å². The smallest absolute Gasteiger partial charge is 0.246 e. The Morgan fingerprint density at radius 1 is 1.29 bits per heavy atom. The van der Waals surface area contributed by atoms with Gasteiger partial charge in [0.15, 0.2) is 0 Å². The third-order valence-electron chi connectivity index (χ3n) is 4.69. The van der Waals surface area contributed by atoms with Crippen LogP contribution in [-0.2, 0) is 10.0 Å². The molecule has 1 heterocycles. The Hall–Kier alpha value is -1.22. The molecule has 1 aromatic carbocycles. The summed E-state index contributed by atoms with van der Waals surface area (Å²) in [5, 5.41) is 10.0. The van der Waals surface area contributed by atoms with Crippen LogP contribution in [0.4, 0.5) is 4.39 Å². The zero-order valence-corrected chi connectivity index (χ0v) is 14.5. The summed E-state index contributed by atoms with van der Waals surface area (Å²) in [6.45, 7) is 2.34. The number of benzene rings is 1. The molecule has 0 amide bonds. The lowest BCUT2D eigenvalue weighted by molar-refractivity contribution is 0.0781. The fraction of sp³-hybridized carbons (Fsp3) is 0.625. The van der Waals surface area contributed by atoms with E-state index >= 15 is 0 Å². The van der Waals surface area contributed by atoms with Crippen LogP contribution in [0.1, 0.15) is 12.8 Å². The van der Waals surface area contributed by atoms with Gasteiger partial charge < -0.3 is 9.84 Å². The van der Waals surface area contributed by atoms with Gasteiger partial charge in [-0.1, -0.05) is 0 Å². The molecule has 1 aliphatic heterocycles. The van der Waals surface area contributed by atoms with Crippen LogP contribution in [0.5, 0.6) is 5.75 Å². The summed E-state index contributed by atoms with van der Waals surface area (Å²) in [6.07, 6.45) is 1.83. The Labute approximate surface area is 141 Å². The number of sulfonamides is 1. The third kappa shape index (κ3) is 3.72. The van der Waals surface area contributed by atoms with E-state index in [9.17, 15) is 17.9 Å². The molecule has 0 aromatic heterocycles. The fourth-order valence-corrected chi connectivity index (χ4v) is 4.63. The van der Waals surface area contributed by atoms with E-state index < -0.39 is 15.8 Å². The molecule has 1 aromatic rings. The number of ether oxygens (including phenoxy) is 1. The first kappa shape index (κ1) is 17.6. The molecule has 2 fully saturated rings. The van der Waals surface area contributed by atoms with Crippen molar-refractivity contribution in [3.8, 4) is 5.75 Å². The van der Waals surface area contributed by atoms with E-state index in [-0.39, 0.29) is 16.7 Å². The molecule has 0 radical (unpaired) electrons. The van der Waals surface area contributed by atoms with Gasteiger partial charge >= 0.3 is 0 Å². The van der Waals surface area contributed by atoms with Gasteiger partial charge in [-0.3, -0.25) is 4.90 Å². The Morgan fingerprint density at radius 3 is 2.54 bits per heavy atom. The van der Waals surface area contributed by atoms with Crippen molar-refractivity contribution in [2.75, 3.05) is 39.8 Å². The van der Waals surface area contributed by atoms with Gasteiger partial charge in [0.05, 0.1) is 13.2 Å². The van der Waals surface area contributed by atoms with Crippen molar-refractivity contribution in [1.82, 2.24) is 9.21 Å². The number of rotatable bonds is 6. The van der Waals surface area contributed by atoms with Crippen molar-refractivity contribution in [2.45, 2.75) is 23.8 Å². The van der Waals surface area contributed by atoms with Crippen LogP contribution in [0.25, 0.3) is 0 Å². The van der Waals surface area contributed by atoms with Crippen LogP contribution in [0, 0.1) is 11.7 Å². The molecule has 2 aliphatic rings. The summed E-state index contributed by atoms with van der Waals surface area (Å²) < 4.78 is 45.5. The monoisotopic (exact) mass is 358 g/mol. The summed E-state index contributed by atoms with van der Waals surface area (Å²) in [5.41, 5.74) is 0. The lowest BCUT2D eigenvalue weighted by Crippen LogP contribution is -2.50. The van der Waals surface area contributed by atoms with Crippen molar-refractivity contribution < 1.29 is 22.7 Å². The summed E-state index contributed by atoms with van der Waals surface area (Å²) in [7, 11) is -2.44. The highest BCUT2D eigenvalue weighted by atomic mass is 32.2. The molecule has 0 unspecified atom stereocenters. The average Bonchev–Trinajstić information content (AvgIpc) is 3.40. The highest BCUT2D eigenvalue weighted by Crippen LogP contribution is 2.33. The van der Waals surface area contributed by atoms with Crippen LogP contribution >= 0.6 is 0 Å². The predicted molar refractivity (Wildman–Crippen MR) is 86.9 cm³/mol. The molecule has 1 atom stereocenters. The summed E-state index contributed by atoms with van der Waals surface area (Å²) in [5.74, 6) is -0.0631. The van der Waals surface area contributed by atoms with Crippen LogP contribution in [0.15, 0.2) is 23.1 Å². The second-order valence-corrected chi connectivity index (χ2v) is 8.31. The van der Waals surface area contributed by atoms with E-state index in [2.05, 4.69) is 4.90 Å². The number of nitrogens with zero attached hydrogens (tertiary/aromatic N) is 2. The van der Waals surface area contributed by atoms with E-state index in [4.69, 9.17) is 4.74 Å². The van der Waals surface area contributed by atoms with E-state index in [1.54, 1.807) is 0 Å². The molecule has 3 rings (SSSR count). The minimum atomic E-state index is -3.80. The van der Waals surface area contributed by atoms with Gasteiger partial charge in [0.2, 0.25) is 10.0 Å². The number of halogens is 1. The van der Waals surface area contributed by atoms with Gasteiger partial charge in [-0.15, -0.1) is 0 Å². The maximum atomic E-state index is 13.5. The van der Waals surface area contributed by atoms with Crippen molar-refractivity contribution >= 4 is 10.0 Å². The van der Waals surface area contributed by atoms with E-state index in [1.165, 1.54) is 23.5 Å². The fourth-order valence-electron chi connectivity index (χ4n) is 3.04. The molecule has 1 saturated heterocycles. The maximum absolute atomic E-state index is 13.5. The maximum Gasteiger partial charge on any atom is 0.246 e. The molecule has 8 heteroatoms. The van der Waals surface area contributed by atoms with Crippen LogP contribution in [0.2, 0.25) is 0 Å². The molecule has 6 nitrogen and oxygen atoms in total. The summed E-state index contributed by atoms with van der Waals surface area (Å²) in [4.78, 5) is 1.94. The molecule has 1 aliphatic carbocycles. The topological polar surface area (TPSA) is 70.1 Å². The molecule has 134 valence electrons. The SMILES string of the molecule is COc1ccc(F)cc1S(=O)(=O)N1CCN(C[C@@H](O)C2CC2)CC1. The molecule has 0 bridgehead atoms. The summed E-state index contributed by atoms with van der Waals surface area (Å²) >= 11 is 0. The highest BCUT2D eigenvalue weighted by molar-refractivity contribution is 7.89. The molecular formula is C16H23FN2O4S. The van der Waals surface area contributed by atoms with Crippen molar-refractivity contribution in [3.05, 3.63) is 24.0 Å². The molecule has 24 heavy (non-hydrogen) atoms. The molecule has 1 N–H and O–H groups in total. The van der Waals surface area contributed by atoms with Crippen molar-refractivity contribution in [2.24, 2.45) is 5.92 Å². The van der Waals surface area contributed by atoms with Gasteiger partial charge in [-0.05, 0) is 37.0 Å². The molecular weight excluding hydrogens is 335 g/mol. The quantitative estimate of drug-likeness (QED) is 0.819. The van der Waals surface area contributed by atoms with Gasteiger partial charge in [0, 0.05) is 32.7 Å². The number of aliphatic hydroxyl groups is 1. The number of β-amino-alcohol motifs (C(OH)–C–C–N with tert-alkyl or cyclic N) is 1. The molecule has 0 spiro atoms. The van der Waals surface area contributed by atoms with Gasteiger partial charge in [0.1, 0.15) is 16.5 Å². The first-order valence-electron chi connectivity index (χ1n) is 8.16. The Balaban J connectivity index is 1.67. The number of aliphatic hydroxyl groups excluding tert-OH is 1. The van der Waals surface area contributed by atoms with Gasteiger partial charge in [0.25, 0.3) is 0 Å². The van der Waals surface area contributed by atoms with Crippen molar-refractivity contribution in [3.63, 3.8) is 0 Å². The van der Waals surface area contributed by atoms with Crippen LogP contribution < -0.4 is 4.74 Å². The Morgan fingerprint density at radius 2 is 1.96 bits per heavy atom. The standard InChI is InChI=1S/C16H23FN2O4S/c1-23-15-5-4-13(17)10-16(15)24(21,22)19-8-6-18(7-9-19)11-14(20)12-2-3-12/h4-5,10,12,14,20H,2-3,6-9,11H2,1H3/t14-/m1/s1. The van der Waals surface area contributed by atoms with E-state index in [0.29, 0.717) is 38.6 Å². The highest BCUT2D eigenvalue weighted by Gasteiger charge is 2.34. The number of hydrogen-bond acceptors (Lipinski definition) is 5. The number of piperazine rings is 1. The third-order valence-corrected chi connectivity index (χ3v) is 6.61. The van der Waals surface area contributed by atoms with Crippen molar-refractivity contribution in [1.29, 1.82) is 0 Å². The van der Waals surface area contributed by atoms with E-state index in [1.807, 2.05) is 0 Å². The zero-order valence-electron chi connectivity index (χ0n) is 13.7. The Kier molecular flexibility index (Phi) is 5.10. The van der Waals surface area contributed by atoms with Crippen LogP contribution in [0.3, 0.4) is 0 Å². The predicted octanol–water partition coefficient (Wildman–Crippen LogP) is 0.911. The normalized spacial score (nSPS) is 21.6. The lowest BCUT2D eigenvalue weighted by Gasteiger charge is -2.35. The zero-order chi connectivity index (χ0) is 17.3. The van der Waals surface area contributed by atoms with Gasteiger partial charge in [-0.2, -0.15) is 4.31 Å². The minimum absolute atomic E-state index is 0.142. The Bertz CT molecular complexity index is 685. The average molecular weight is 358 g/mol. The minimum Gasteiger partial charge on any atom is -0.495 e. The summed E-state index contributed by atoms with van der Waals surface area (Å²) in [6, 6.07) is 3.50. The number of methoxy groups -OCH3 is 1. The second-order valence-electron chi connectivity index (χ2n) is 6.40. The number of hydrogen-bond donors (Lipinski definition) is 1. The molecule has 1 saturated carbocycles. The van der Waals surface area contributed by atoms with Crippen LogP contribution in [-0.4, -0.2) is 68.7 Å². The first-order chi connectivity index (χ1) is 11.4. The lowest BCUT2D eigenvalue weighted by atomic mass is 10.2.